The minimum Gasteiger partial charge on any atom is -0.493 e. The summed E-state index contributed by atoms with van der Waals surface area (Å²) in [6.07, 6.45) is 0. The van der Waals surface area contributed by atoms with E-state index < -0.39 is 0 Å². The number of ether oxygens (including phenoxy) is 2. The molecular formula is C25H22FN3O3. The van der Waals surface area contributed by atoms with Crippen molar-refractivity contribution in [3.8, 4) is 22.9 Å². The average Bonchev–Trinajstić information content (AvgIpc) is 2.83. The Kier molecular flexibility index (Phi) is 6.55. The van der Waals surface area contributed by atoms with Crippen molar-refractivity contribution in [3.05, 3.63) is 84.2 Å². The van der Waals surface area contributed by atoms with Crippen LogP contribution in [0.4, 0.5) is 4.39 Å². The van der Waals surface area contributed by atoms with Crippen LogP contribution in [0.3, 0.4) is 0 Å². The van der Waals surface area contributed by atoms with Crippen LogP contribution in [0.15, 0.2) is 72.8 Å². The Morgan fingerprint density at radius 1 is 0.938 bits per heavy atom. The van der Waals surface area contributed by atoms with Crippen LogP contribution in [0.5, 0.6) is 11.6 Å². The monoisotopic (exact) mass is 431 g/mol. The fraction of sp³-hybridized carbons (Fsp3) is 0.160. The first-order valence-corrected chi connectivity index (χ1v) is 10.3. The molecule has 4 rings (SSSR count). The molecular weight excluding hydrogens is 409 g/mol. The molecule has 0 atom stereocenters. The van der Waals surface area contributed by atoms with Gasteiger partial charge in [-0.3, -0.25) is 4.79 Å². The Labute approximate surface area is 185 Å². The molecule has 0 spiro atoms. The summed E-state index contributed by atoms with van der Waals surface area (Å²) in [6, 6.07) is 20.9. The maximum absolute atomic E-state index is 13.0. The maximum atomic E-state index is 13.0. The molecule has 1 N–H and O–H groups in total. The average molecular weight is 431 g/mol. The van der Waals surface area contributed by atoms with Gasteiger partial charge in [-0.2, -0.15) is 0 Å². The molecule has 1 amide bonds. The van der Waals surface area contributed by atoms with Crippen LogP contribution >= 0.6 is 0 Å². The second-order valence-corrected chi connectivity index (χ2v) is 6.96. The van der Waals surface area contributed by atoms with Crippen LogP contribution in [0, 0.1) is 5.82 Å². The molecule has 0 saturated heterocycles. The standard InChI is InChI=1S/C25H22FN3O3/c1-2-31-22-13-9-17-5-3-4-6-20(17)24(22)25(30)27-15-16-32-23-14-12-21(28-29-23)18-7-10-19(26)11-8-18/h3-14H,2,15-16H2,1H3,(H,27,30). The van der Waals surface area contributed by atoms with E-state index >= 15 is 0 Å². The Bertz CT molecular complexity index is 1210. The summed E-state index contributed by atoms with van der Waals surface area (Å²) in [4.78, 5) is 12.9. The van der Waals surface area contributed by atoms with Gasteiger partial charge < -0.3 is 14.8 Å². The van der Waals surface area contributed by atoms with E-state index in [-0.39, 0.29) is 24.9 Å². The lowest BCUT2D eigenvalue weighted by Gasteiger charge is -2.13. The predicted octanol–water partition coefficient (Wildman–Crippen LogP) is 4.64. The highest BCUT2D eigenvalue weighted by atomic mass is 19.1. The van der Waals surface area contributed by atoms with E-state index in [0.29, 0.717) is 29.5 Å². The number of carbonyl (C=O) groups is 1. The first kappa shape index (κ1) is 21.2. The van der Waals surface area contributed by atoms with Gasteiger partial charge in [0.15, 0.2) is 0 Å². The molecule has 1 heterocycles. The van der Waals surface area contributed by atoms with E-state index in [1.54, 1.807) is 24.3 Å². The SMILES string of the molecule is CCOc1ccc2ccccc2c1C(=O)NCCOc1ccc(-c2ccc(F)cc2)nn1. The van der Waals surface area contributed by atoms with E-state index in [2.05, 4.69) is 15.5 Å². The topological polar surface area (TPSA) is 73.3 Å². The number of halogens is 1. The second-order valence-electron chi connectivity index (χ2n) is 6.96. The highest BCUT2D eigenvalue weighted by Crippen LogP contribution is 2.28. The zero-order chi connectivity index (χ0) is 22.3. The normalized spacial score (nSPS) is 10.7. The summed E-state index contributed by atoms with van der Waals surface area (Å²) >= 11 is 0. The summed E-state index contributed by atoms with van der Waals surface area (Å²) in [5, 5.41) is 12.8. The summed E-state index contributed by atoms with van der Waals surface area (Å²) in [7, 11) is 0. The number of nitrogens with one attached hydrogen (secondary N) is 1. The van der Waals surface area contributed by atoms with Crippen LogP contribution in [0.25, 0.3) is 22.0 Å². The van der Waals surface area contributed by atoms with Crippen molar-refractivity contribution in [3.63, 3.8) is 0 Å². The highest BCUT2D eigenvalue weighted by Gasteiger charge is 2.16. The summed E-state index contributed by atoms with van der Waals surface area (Å²) in [5.74, 6) is 0.351. The van der Waals surface area contributed by atoms with Crippen LogP contribution < -0.4 is 14.8 Å². The molecule has 0 fully saturated rings. The number of nitrogens with zero attached hydrogens (tertiary/aromatic N) is 2. The first-order chi connectivity index (χ1) is 15.7. The van der Waals surface area contributed by atoms with Gasteiger partial charge in [0.05, 0.1) is 24.4 Å². The lowest BCUT2D eigenvalue weighted by molar-refractivity contribution is 0.0944. The fourth-order valence-corrected chi connectivity index (χ4v) is 3.34. The van der Waals surface area contributed by atoms with Crippen LogP contribution in [-0.2, 0) is 0 Å². The van der Waals surface area contributed by atoms with Crippen LogP contribution in [-0.4, -0.2) is 35.9 Å². The van der Waals surface area contributed by atoms with Gasteiger partial charge >= 0.3 is 0 Å². The van der Waals surface area contributed by atoms with Crippen molar-refractivity contribution in [2.45, 2.75) is 6.92 Å². The quantitative estimate of drug-likeness (QED) is 0.412. The van der Waals surface area contributed by atoms with Crippen molar-refractivity contribution in [1.82, 2.24) is 15.5 Å². The zero-order valence-corrected chi connectivity index (χ0v) is 17.5. The van der Waals surface area contributed by atoms with E-state index in [0.717, 1.165) is 16.3 Å². The van der Waals surface area contributed by atoms with Crippen LogP contribution in [0.2, 0.25) is 0 Å². The number of fused-ring (bicyclic) bond motifs is 1. The van der Waals surface area contributed by atoms with E-state index in [9.17, 15) is 9.18 Å². The zero-order valence-electron chi connectivity index (χ0n) is 17.5. The molecule has 0 radical (unpaired) electrons. The molecule has 0 aliphatic carbocycles. The number of rotatable bonds is 8. The number of hydrogen-bond donors (Lipinski definition) is 1. The van der Waals surface area contributed by atoms with Gasteiger partial charge in [-0.05, 0) is 54.1 Å². The number of benzene rings is 3. The van der Waals surface area contributed by atoms with Gasteiger partial charge in [-0.25, -0.2) is 4.39 Å². The second kappa shape index (κ2) is 9.87. The molecule has 0 saturated carbocycles. The van der Waals surface area contributed by atoms with E-state index in [4.69, 9.17) is 9.47 Å². The molecule has 0 bridgehead atoms. The van der Waals surface area contributed by atoms with Gasteiger partial charge in [0.25, 0.3) is 5.91 Å². The Balaban J connectivity index is 1.36. The smallest absolute Gasteiger partial charge is 0.255 e. The van der Waals surface area contributed by atoms with Gasteiger partial charge in [0, 0.05) is 11.6 Å². The Morgan fingerprint density at radius 3 is 2.50 bits per heavy atom. The van der Waals surface area contributed by atoms with Crippen molar-refractivity contribution >= 4 is 16.7 Å². The molecule has 32 heavy (non-hydrogen) atoms. The number of hydrogen-bond acceptors (Lipinski definition) is 5. The Morgan fingerprint density at radius 2 is 1.75 bits per heavy atom. The lowest BCUT2D eigenvalue weighted by Crippen LogP contribution is -2.28. The van der Waals surface area contributed by atoms with Crippen molar-refractivity contribution in [2.75, 3.05) is 19.8 Å². The highest BCUT2D eigenvalue weighted by molar-refractivity contribution is 6.09. The predicted molar refractivity (Wildman–Crippen MR) is 120 cm³/mol. The summed E-state index contributed by atoms with van der Waals surface area (Å²) in [5.41, 5.74) is 1.89. The largest absolute Gasteiger partial charge is 0.493 e. The van der Waals surface area contributed by atoms with Gasteiger partial charge in [-0.15, -0.1) is 10.2 Å². The number of amides is 1. The molecule has 162 valence electrons. The van der Waals surface area contributed by atoms with Crippen molar-refractivity contribution < 1.29 is 18.7 Å². The molecule has 0 unspecified atom stereocenters. The first-order valence-electron chi connectivity index (χ1n) is 10.3. The third kappa shape index (κ3) is 4.83. The number of aromatic nitrogens is 2. The third-order valence-corrected chi connectivity index (χ3v) is 4.84. The number of carbonyl (C=O) groups excluding carboxylic acids is 1. The van der Waals surface area contributed by atoms with E-state index in [1.807, 2.05) is 43.3 Å². The summed E-state index contributed by atoms with van der Waals surface area (Å²) in [6.45, 7) is 2.86. The molecule has 3 aromatic carbocycles. The third-order valence-electron chi connectivity index (χ3n) is 4.84. The van der Waals surface area contributed by atoms with Crippen molar-refractivity contribution in [1.29, 1.82) is 0 Å². The maximum Gasteiger partial charge on any atom is 0.255 e. The molecule has 1 aromatic heterocycles. The van der Waals surface area contributed by atoms with E-state index in [1.165, 1.54) is 12.1 Å². The molecule has 7 heteroatoms. The van der Waals surface area contributed by atoms with Gasteiger partial charge in [0.1, 0.15) is 18.2 Å². The molecule has 0 aliphatic rings. The lowest BCUT2D eigenvalue weighted by atomic mass is 10.0. The molecule has 0 aliphatic heterocycles. The molecule has 6 nitrogen and oxygen atoms in total. The fourth-order valence-electron chi connectivity index (χ4n) is 3.34. The van der Waals surface area contributed by atoms with Gasteiger partial charge in [-0.1, -0.05) is 30.3 Å². The minimum absolute atomic E-state index is 0.227. The van der Waals surface area contributed by atoms with Crippen molar-refractivity contribution in [2.24, 2.45) is 0 Å². The Hall–Kier alpha value is -4.00. The summed E-state index contributed by atoms with van der Waals surface area (Å²) < 4.78 is 24.3. The van der Waals surface area contributed by atoms with Crippen LogP contribution in [0.1, 0.15) is 17.3 Å². The molecule has 4 aromatic rings. The van der Waals surface area contributed by atoms with Gasteiger partial charge in [0.2, 0.25) is 5.88 Å². The minimum atomic E-state index is -0.305.